The number of H-pyrrole nitrogens is 1. The lowest BCUT2D eigenvalue weighted by molar-refractivity contribution is -0.115. The number of fused-ring (bicyclic) bond motifs is 1. The van der Waals surface area contributed by atoms with E-state index in [1.807, 2.05) is 0 Å². The van der Waals surface area contributed by atoms with Gasteiger partial charge in [-0.15, -0.1) is 0 Å². The molecule has 1 aromatic carbocycles. The van der Waals surface area contributed by atoms with Crippen LogP contribution in [0.15, 0.2) is 28.2 Å². The molecule has 0 aliphatic heterocycles. The first kappa shape index (κ1) is 17.6. The highest BCUT2D eigenvalue weighted by atomic mass is 32.2. The molecule has 8 heteroatoms. The van der Waals surface area contributed by atoms with Gasteiger partial charge < -0.3 is 10.3 Å². The summed E-state index contributed by atoms with van der Waals surface area (Å²) in [7, 11) is 0. The quantitative estimate of drug-likeness (QED) is 0.645. The summed E-state index contributed by atoms with van der Waals surface area (Å²) in [5.41, 5.74) is 1.55. The fourth-order valence-corrected chi connectivity index (χ4v) is 3.49. The van der Waals surface area contributed by atoms with E-state index in [9.17, 15) is 18.4 Å². The summed E-state index contributed by atoms with van der Waals surface area (Å²) in [4.78, 5) is 31.5. The van der Waals surface area contributed by atoms with E-state index in [1.165, 1.54) is 6.07 Å². The second-order valence-electron chi connectivity index (χ2n) is 5.88. The Hall–Kier alpha value is -2.22. The molecule has 1 aromatic heterocycles. The number of carbonyl (C=O) groups is 1. The Morgan fingerprint density at radius 2 is 2.04 bits per heavy atom. The number of aromatic amines is 1. The van der Waals surface area contributed by atoms with E-state index < -0.39 is 22.8 Å². The first-order chi connectivity index (χ1) is 11.9. The average molecular weight is 365 g/mol. The predicted octanol–water partition coefficient (Wildman–Crippen LogP) is 3.05. The maximum absolute atomic E-state index is 13.2. The number of rotatable bonds is 4. The van der Waals surface area contributed by atoms with Crippen molar-refractivity contribution in [1.29, 1.82) is 0 Å². The minimum Gasteiger partial charge on any atom is -0.325 e. The van der Waals surface area contributed by atoms with Gasteiger partial charge in [-0.3, -0.25) is 9.59 Å². The number of aryl methyl sites for hydroxylation is 1. The molecule has 132 valence electrons. The molecule has 1 aliphatic carbocycles. The molecule has 2 aromatic rings. The van der Waals surface area contributed by atoms with E-state index in [0.717, 1.165) is 60.8 Å². The Kier molecular flexibility index (Phi) is 5.17. The van der Waals surface area contributed by atoms with E-state index in [2.05, 4.69) is 15.3 Å². The molecule has 2 N–H and O–H groups in total. The smallest absolute Gasteiger partial charge is 0.254 e. The van der Waals surface area contributed by atoms with Crippen molar-refractivity contribution in [1.82, 2.24) is 9.97 Å². The van der Waals surface area contributed by atoms with Crippen molar-refractivity contribution in [3.05, 3.63) is 51.4 Å². The monoisotopic (exact) mass is 365 g/mol. The van der Waals surface area contributed by atoms with Crippen molar-refractivity contribution < 1.29 is 13.6 Å². The summed E-state index contributed by atoms with van der Waals surface area (Å²) in [5, 5.41) is 2.34. The van der Waals surface area contributed by atoms with E-state index in [4.69, 9.17) is 0 Å². The Balaban J connectivity index is 1.70. The maximum Gasteiger partial charge on any atom is 0.254 e. The van der Waals surface area contributed by atoms with Crippen molar-refractivity contribution in [2.45, 2.75) is 43.0 Å². The lowest BCUT2D eigenvalue weighted by atomic mass is 9.97. The number of hydrogen-bond acceptors (Lipinski definition) is 4. The molecule has 0 saturated carbocycles. The molecule has 1 unspecified atom stereocenters. The predicted molar refractivity (Wildman–Crippen MR) is 91.8 cm³/mol. The van der Waals surface area contributed by atoms with E-state index in [-0.39, 0.29) is 11.2 Å². The van der Waals surface area contributed by atoms with Crippen LogP contribution in [0.5, 0.6) is 0 Å². The lowest BCUT2D eigenvalue weighted by Gasteiger charge is -2.16. The maximum atomic E-state index is 13.2. The Morgan fingerprint density at radius 1 is 1.28 bits per heavy atom. The van der Waals surface area contributed by atoms with Crippen molar-refractivity contribution in [2.24, 2.45) is 0 Å². The first-order valence-corrected chi connectivity index (χ1v) is 8.86. The molecule has 1 aliphatic rings. The third-order valence-corrected chi connectivity index (χ3v) is 5.00. The summed E-state index contributed by atoms with van der Waals surface area (Å²) in [6.45, 7) is 1.65. The van der Waals surface area contributed by atoms with Gasteiger partial charge in [-0.2, -0.15) is 0 Å². The molecule has 0 saturated heterocycles. The van der Waals surface area contributed by atoms with Crippen LogP contribution in [0.2, 0.25) is 0 Å². The standard InChI is InChI=1S/C17H17F2N3O2S/c1-9(15(23)20-10-6-7-12(18)13(19)8-10)25-17-21-14-5-3-2-4-11(14)16(24)22-17/h6-9H,2-5H2,1H3,(H,20,23)(H,21,22,24). The van der Waals surface area contributed by atoms with Gasteiger partial charge in [0.15, 0.2) is 16.8 Å². The number of aromatic nitrogens is 2. The average Bonchev–Trinajstić information content (AvgIpc) is 2.58. The molecule has 1 amide bonds. The summed E-state index contributed by atoms with van der Waals surface area (Å²) >= 11 is 1.12. The second kappa shape index (κ2) is 7.35. The van der Waals surface area contributed by atoms with Gasteiger partial charge in [-0.1, -0.05) is 11.8 Å². The fourth-order valence-electron chi connectivity index (χ4n) is 2.68. The zero-order valence-corrected chi connectivity index (χ0v) is 14.4. The molecule has 3 rings (SSSR count). The van der Waals surface area contributed by atoms with E-state index in [0.29, 0.717) is 5.16 Å². The SMILES string of the molecule is CC(Sc1nc2c(c(=O)[nH]1)CCCC2)C(=O)Nc1ccc(F)c(F)c1. The van der Waals surface area contributed by atoms with Gasteiger partial charge in [-0.25, -0.2) is 13.8 Å². The molecule has 5 nitrogen and oxygen atoms in total. The van der Waals surface area contributed by atoms with Gasteiger partial charge in [0.05, 0.1) is 10.9 Å². The van der Waals surface area contributed by atoms with Crippen LogP contribution in [0.25, 0.3) is 0 Å². The highest BCUT2D eigenvalue weighted by Crippen LogP contribution is 2.23. The fraction of sp³-hybridized carbons (Fsp3) is 0.353. The molecule has 0 bridgehead atoms. The van der Waals surface area contributed by atoms with Crippen LogP contribution in [0.3, 0.4) is 0 Å². The highest BCUT2D eigenvalue weighted by molar-refractivity contribution is 8.00. The number of anilines is 1. The molecule has 0 radical (unpaired) electrons. The van der Waals surface area contributed by atoms with Gasteiger partial charge in [0.2, 0.25) is 5.91 Å². The summed E-state index contributed by atoms with van der Waals surface area (Å²) in [6, 6.07) is 3.15. The molecule has 0 fully saturated rings. The number of carbonyl (C=O) groups excluding carboxylic acids is 1. The van der Waals surface area contributed by atoms with E-state index >= 15 is 0 Å². The molecule has 1 heterocycles. The zero-order valence-electron chi connectivity index (χ0n) is 13.6. The normalized spacial score (nSPS) is 14.7. The summed E-state index contributed by atoms with van der Waals surface area (Å²) < 4.78 is 26.1. The van der Waals surface area contributed by atoms with E-state index in [1.54, 1.807) is 6.92 Å². The third-order valence-electron chi connectivity index (χ3n) is 4.01. The topological polar surface area (TPSA) is 74.8 Å². The van der Waals surface area contributed by atoms with Gasteiger partial charge in [-0.05, 0) is 44.7 Å². The van der Waals surface area contributed by atoms with Crippen molar-refractivity contribution in [3.8, 4) is 0 Å². The zero-order chi connectivity index (χ0) is 18.0. The van der Waals surface area contributed by atoms with Crippen LogP contribution >= 0.6 is 11.8 Å². The summed E-state index contributed by atoms with van der Waals surface area (Å²) in [5.74, 6) is -2.40. The number of hydrogen-bond donors (Lipinski definition) is 2. The number of amides is 1. The van der Waals surface area contributed by atoms with Gasteiger partial charge in [0.1, 0.15) is 0 Å². The number of nitrogens with one attached hydrogen (secondary N) is 2. The van der Waals surface area contributed by atoms with Gasteiger partial charge in [0, 0.05) is 17.3 Å². The first-order valence-electron chi connectivity index (χ1n) is 7.98. The van der Waals surface area contributed by atoms with Crippen molar-refractivity contribution in [2.75, 3.05) is 5.32 Å². The van der Waals surface area contributed by atoms with Crippen LogP contribution in [0.4, 0.5) is 14.5 Å². The van der Waals surface area contributed by atoms with Gasteiger partial charge >= 0.3 is 0 Å². The number of benzene rings is 1. The molecule has 1 atom stereocenters. The summed E-state index contributed by atoms with van der Waals surface area (Å²) in [6.07, 6.45) is 3.48. The van der Waals surface area contributed by atoms with Gasteiger partial charge in [0.25, 0.3) is 5.56 Å². The largest absolute Gasteiger partial charge is 0.325 e. The van der Waals surface area contributed by atoms with Crippen LogP contribution in [-0.2, 0) is 17.6 Å². The van der Waals surface area contributed by atoms with Crippen LogP contribution < -0.4 is 10.9 Å². The molecular formula is C17H17F2N3O2S. The highest BCUT2D eigenvalue weighted by Gasteiger charge is 2.20. The number of nitrogens with zero attached hydrogens (tertiary/aromatic N) is 1. The Labute approximate surface area is 147 Å². The lowest BCUT2D eigenvalue weighted by Crippen LogP contribution is -2.25. The van der Waals surface area contributed by atoms with Crippen molar-refractivity contribution >= 4 is 23.4 Å². The number of thioether (sulfide) groups is 1. The Morgan fingerprint density at radius 3 is 2.80 bits per heavy atom. The van der Waals surface area contributed by atoms with Crippen molar-refractivity contribution in [3.63, 3.8) is 0 Å². The van der Waals surface area contributed by atoms with Crippen LogP contribution in [0, 0.1) is 11.6 Å². The Bertz CT molecular complexity index is 869. The minimum atomic E-state index is -1.03. The number of halogens is 2. The molecular weight excluding hydrogens is 348 g/mol. The third kappa shape index (κ3) is 4.07. The van der Waals surface area contributed by atoms with Crippen LogP contribution in [-0.4, -0.2) is 21.1 Å². The molecule has 0 spiro atoms. The van der Waals surface area contributed by atoms with Crippen LogP contribution in [0.1, 0.15) is 31.0 Å². The second-order valence-corrected chi connectivity index (χ2v) is 7.21. The minimum absolute atomic E-state index is 0.152. The molecule has 25 heavy (non-hydrogen) atoms.